The lowest BCUT2D eigenvalue weighted by molar-refractivity contribution is 0.211. The average Bonchev–Trinajstić information content (AvgIpc) is 3.21. The van der Waals surface area contributed by atoms with E-state index in [-0.39, 0.29) is 5.56 Å². The first kappa shape index (κ1) is 20.6. The van der Waals surface area contributed by atoms with Crippen LogP contribution in [0.2, 0.25) is 0 Å². The van der Waals surface area contributed by atoms with Crippen LogP contribution in [0.1, 0.15) is 23.3 Å². The summed E-state index contributed by atoms with van der Waals surface area (Å²) in [6.45, 7) is 0.758. The number of fused-ring (bicyclic) bond motifs is 3. The standard InChI is InChI=1S/C25H24N2O4S/c1-29-19-10-3-4-11-20(19)31-14-13-30-17-8-6-7-16(15-17)23-26-24(28)22-18-9-2-5-12-21(18)32-25(22)27-23/h3-4,6-8,10-11,15H,2,5,9,12-14H2,1H3,(H,26,27,28). The van der Waals surface area contributed by atoms with Crippen molar-refractivity contribution in [2.24, 2.45) is 0 Å². The van der Waals surface area contributed by atoms with Gasteiger partial charge in [-0.2, -0.15) is 0 Å². The van der Waals surface area contributed by atoms with Gasteiger partial charge in [-0.1, -0.05) is 24.3 Å². The van der Waals surface area contributed by atoms with Crippen molar-refractivity contribution >= 4 is 21.6 Å². The zero-order valence-corrected chi connectivity index (χ0v) is 18.7. The fourth-order valence-corrected chi connectivity index (χ4v) is 5.35. The molecule has 0 aliphatic heterocycles. The highest BCUT2D eigenvalue weighted by atomic mass is 32.1. The fraction of sp³-hybridized carbons (Fsp3) is 0.280. The SMILES string of the molecule is COc1ccccc1OCCOc1cccc(-c2nc3sc4c(c3c(=O)[nH]2)CCCC4)c1. The van der Waals surface area contributed by atoms with Gasteiger partial charge in [-0.25, -0.2) is 4.98 Å². The molecule has 164 valence electrons. The number of para-hydroxylation sites is 2. The second kappa shape index (κ2) is 9.04. The highest BCUT2D eigenvalue weighted by Crippen LogP contribution is 2.34. The quantitative estimate of drug-likeness (QED) is 0.403. The molecule has 2 heterocycles. The largest absolute Gasteiger partial charge is 0.493 e. The monoisotopic (exact) mass is 448 g/mol. The van der Waals surface area contributed by atoms with Crippen molar-refractivity contribution in [1.82, 2.24) is 9.97 Å². The second-order valence-electron chi connectivity index (χ2n) is 7.68. The highest BCUT2D eigenvalue weighted by molar-refractivity contribution is 7.18. The molecule has 0 fully saturated rings. The van der Waals surface area contributed by atoms with Gasteiger partial charge in [0.15, 0.2) is 11.5 Å². The van der Waals surface area contributed by atoms with Gasteiger partial charge in [0.1, 0.15) is 29.6 Å². The number of thiophene rings is 1. The lowest BCUT2D eigenvalue weighted by Crippen LogP contribution is -2.11. The number of rotatable bonds is 7. The number of ether oxygens (including phenoxy) is 3. The number of aromatic amines is 1. The van der Waals surface area contributed by atoms with Crippen LogP contribution in [-0.2, 0) is 12.8 Å². The molecule has 32 heavy (non-hydrogen) atoms. The molecule has 0 saturated heterocycles. The Morgan fingerprint density at radius 1 is 1.00 bits per heavy atom. The van der Waals surface area contributed by atoms with Gasteiger partial charge in [0.05, 0.1) is 12.5 Å². The predicted octanol–water partition coefficient (Wildman–Crippen LogP) is 5.00. The summed E-state index contributed by atoms with van der Waals surface area (Å²) in [7, 11) is 1.62. The van der Waals surface area contributed by atoms with Crippen LogP contribution in [0.3, 0.4) is 0 Å². The van der Waals surface area contributed by atoms with E-state index in [0.29, 0.717) is 36.3 Å². The van der Waals surface area contributed by atoms with E-state index in [1.807, 2.05) is 48.5 Å². The maximum Gasteiger partial charge on any atom is 0.260 e. The van der Waals surface area contributed by atoms with Gasteiger partial charge < -0.3 is 19.2 Å². The summed E-state index contributed by atoms with van der Waals surface area (Å²) in [5, 5.41) is 0.773. The molecular weight excluding hydrogens is 424 g/mol. The molecule has 5 rings (SSSR count). The zero-order valence-electron chi connectivity index (χ0n) is 17.8. The predicted molar refractivity (Wildman–Crippen MR) is 126 cm³/mol. The summed E-state index contributed by atoms with van der Waals surface area (Å²) in [4.78, 5) is 22.7. The maximum atomic E-state index is 12.8. The Balaban J connectivity index is 1.31. The van der Waals surface area contributed by atoms with Gasteiger partial charge in [-0.15, -0.1) is 11.3 Å². The van der Waals surface area contributed by atoms with E-state index >= 15 is 0 Å². The number of nitrogens with one attached hydrogen (secondary N) is 1. The van der Waals surface area contributed by atoms with E-state index in [1.165, 1.54) is 16.9 Å². The molecule has 0 saturated carbocycles. The smallest absolute Gasteiger partial charge is 0.260 e. The van der Waals surface area contributed by atoms with Crippen molar-refractivity contribution in [2.75, 3.05) is 20.3 Å². The molecule has 2 aromatic carbocycles. The van der Waals surface area contributed by atoms with Gasteiger partial charge in [0.2, 0.25) is 0 Å². The summed E-state index contributed by atoms with van der Waals surface area (Å²) in [5.41, 5.74) is 1.96. The van der Waals surface area contributed by atoms with Crippen molar-refractivity contribution in [2.45, 2.75) is 25.7 Å². The first-order valence-corrected chi connectivity index (χ1v) is 11.6. The first-order valence-electron chi connectivity index (χ1n) is 10.8. The third kappa shape index (κ3) is 4.08. The van der Waals surface area contributed by atoms with Crippen molar-refractivity contribution in [3.05, 3.63) is 69.3 Å². The normalized spacial score (nSPS) is 13.0. The Morgan fingerprint density at radius 3 is 2.69 bits per heavy atom. The van der Waals surface area contributed by atoms with E-state index in [9.17, 15) is 4.79 Å². The summed E-state index contributed by atoms with van der Waals surface area (Å²) >= 11 is 1.66. The third-order valence-electron chi connectivity index (χ3n) is 5.61. The molecule has 2 aromatic heterocycles. The van der Waals surface area contributed by atoms with Gasteiger partial charge in [0.25, 0.3) is 5.56 Å². The van der Waals surface area contributed by atoms with Crippen LogP contribution in [0.5, 0.6) is 17.2 Å². The Morgan fingerprint density at radius 2 is 1.81 bits per heavy atom. The molecule has 0 bridgehead atoms. The number of nitrogens with zero attached hydrogens (tertiary/aromatic N) is 1. The van der Waals surface area contributed by atoms with Crippen molar-refractivity contribution in [3.63, 3.8) is 0 Å². The van der Waals surface area contributed by atoms with Crippen molar-refractivity contribution in [1.29, 1.82) is 0 Å². The van der Waals surface area contributed by atoms with Gasteiger partial charge in [-0.3, -0.25) is 4.79 Å². The van der Waals surface area contributed by atoms with Gasteiger partial charge in [-0.05, 0) is 55.5 Å². The number of hydrogen-bond acceptors (Lipinski definition) is 6. The molecule has 0 radical (unpaired) electrons. The number of benzene rings is 2. The van der Waals surface area contributed by atoms with Crippen molar-refractivity contribution < 1.29 is 14.2 Å². The van der Waals surface area contributed by atoms with Crippen LogP contribution in [0.25, 0.3) is 21.6 Å². The summed E-state index contributed by atoms with van der Waals surface area (Å²) in [6.07, 6.45) is 4.34. The zero-order chi connectivity index (χ0) is 21.9. The highest BCUT2D eigenvalue weighted by Gasteiger charge is 2.20. The Hall–Kier alpha value is -3.32. The molecule has 6 nitrogen and oxygen atoms in total. The molecule has 1 N–H and O–H groups in total. The molecule has 0 unspecified atom stereocenters. The van der Waals surface area contributed by atoms with Crippen LogP contribution in [0.4, 0.5) is 0 Å². The number of methoxy groups -OCH3 is 1. The van der Waals surface area contributed by atoms with Crippen LogP contribution in [0, 0.1) is 0 Å². The molecule has 7 heteroatoms. The fourth-order valence-electron chi connectivity index (χ4n) is 4.08. The minimum atomic E-state index is -0.0547. The molecule has 0 amide bonds. The maximum absolute atomic E-state index is 12.8. The van der Waals surface area contributed by atoms with Crippen LogP contribution in [-0.4, -0.2) is 30.3 Å². The minimum absolute atomic E-state index is 0.0547. The van der Waals surface area contributed by atoms with E-state index in [1.54, 1.807) is 18.4 Å². The molecule has 4 aromatic rings. The van der Waals surface area contributed by atoms with E-state index in [2.05, 4.69) is 4.98 Å². The molecular formula is C25H24N2O4S. The van der Waals surface area contributed by atoms with Crippen LogP contribution < -0.4 is 19.8 Å². The molecule has 0 atom stereocenters. The molecule has 1 aliphatic carbocycles. The van der Waals surface area contributed by atoms with Crippen molar-refractivity contribution in [3.8, 4) is 28.6 Å². The lowest BCUT2D eigenvalue weighted by Gasteiger charge is -2.11. The second-order valence-corrected chi connectivity index (χ2v) is 8.76. The molecule has 0 spiro atoms. The number of hydrogen-bond donors (Lipinski definition) is 1. The summed E-state index contributed by atoms with van der Waals surface area (Å²) < 4.78 is 16.9. The molecule has 1 aliphatic rings. The Labute approximate surface area is 189 Å². The Kier molecular flexibility index (Phi) is 5.81. The van der Waals surface area contributed by atoms with Gasteiger partial charge in [0, 0.05) is 10.4 Å². The average molecular weight is 449 g/mol. The summed E-state index contributed by atoms with van der Waals surface area (Å²) in [6, 6.07) is 15.1. The minimum Gasteiger partial charge on any atom is -0.493 e. The topological polar surface area (TPSA) is 73.4 Å². The summed E-state index contributed by atoms with van der Waals surface area (Å²) in [5.74, 6) is 2.63. The van der Waals surface area contributed by atoms with E-state index < -0.39 is 0 Å². The number of aromatic nitrogens is 2. The number of aryl methyl sites for hydroxylation is 2. The van der Waals surface area contributed by atoms with Crippen LogP contribution >= 0.6 is 11.3 Å². The van der Waals surface area contributed by atoms with Crippen LogP contribution in [0.15, 0.2) is 53.3 Å². The van der Waals surface area contributed by atoms with E-state index in [4.69, 9.17) is 19.2 Å². The number of H-pyrrole nitrogens is 1. The third-order valence-corrected chi connectivity index (χ3v) is 6.80. The first-order chi connectivity index (χ1) is 15.7. The van der Waals surface area contributed by atoms with Gasteiger partial charge >= 0.3 is 0 Å². The Bertz CT molecular complexity index is 1310. The van der Waals surface area contributed by atoms with E-state index in [0.717, 1.165) is 35.0 Å². The lowest BCUT2D eigenvalue weighted by atomic mass is 9.97.